The van der Waals surface area contributed by atoms with Crippen LogP contribution in [0.1, 0.15) is 29.5 Å². The van der Waals surface area contributed by atoms with Crippen molar-refractivity contribution >= 4 is 0 Å². The fraction of sp³-hybridized carbons (Fsp3) is 0.200. The summed E-state index contributed by atoms with van der Waals surface area (Å²) in [5, 5.41) is 10.0. The van der Waals surface area contributed by atoms with Gasteiger partial charge >= 0.3 is 0 Å². The molecule has 0 saturated heterocycles. The lowest BCUT2D eigenvalue weighted by molar-refractivity contribution is 0.462. The van der Waals surface area contributed by atoms with E-state index in [0.717, 1.165) is 11.1 Å². The smallest absolute Gasteiger partial charge is 0.122 e. The summed E-state index contributed by atoms with van der Waals surface area (Å²) < 4.78 is 0. The van der Waals surface area contributed by atoms with Crippen molar-refractivity contribution < 1.29 is 5.11 Å². The van der Waals surface area contributed by atoms with Crippen molar-refractivity contribution in [2.45, 2.75) is 19.8 Å². The third-order valence-electron chi connectivity index (χ3n) is 3.04. The molecule has 0 heterocycles. The van der Waals surface area contributed by atoms with E-state index < -0.39 is 0 Å². The zero-order valence-corrected chi connectivity index (χ0v) is 9.64. The highest BCUT2D eigenvalue weighted by molar-refractivity contribution is 5.45. The van der Waals surface area contributed by atoms with Gasteiger partial charge in [-0.2, -0.15) is 0 Å². The van der Waals surface area contributed by atoms with Gasteiger partial charge in [-0.1, -0.05) is 55.5 Å². The maximum absolute atomic E-state index is 10.0. The number of phenolic OH excluding ortho intramolecular Hbond substituents is 1. The van der Waals surface area contributed by atoms with Gasteiger partial charge in [0.2, 0.25) is 0 Å². The van der Waals surface area contributed by atoms with Crippen LogP contribution in [0.5, 0.6) is 5.75 Å². The highest BCUT2D eigenvalue weighted by atomic mass is 16.3. The van der Waals surface area contributed by atoms with E-state index in [4.69, 9.17) is 0 Å². The molecular weight excluding hydrogens is 196 g/mol. The van der Waals surface area contributed by atoms with Crippen LogP contribution in [0.15, 0.2) is 48.5 Å². The lowest BCUT2D eigenvalue weighted by Crippen LogP contribution is -1.96. The summed E-state index contributed by atoms with van der Waals surface area (Å²) in [7, 11) is 0. The molecule has 0 aliphatic carbocycles. The van der Waals surface area contributed by atoms with Crippen molar-refractivity contribution in [3.05, 3.63) is 65.2 Å². The van der Waals surface area contributed by atoms with Crippen molar-refractivity contribution in [1.29, 1.82) is 0 Å². The summed E-state index contributed by atoms with van der Waals surface area (Å²) in [4.78, 5) is 0. The van der Waals surface area contributed by atoms with Crippen LogP contribution in [0.25, 0.3) is 0 Å². The van der Waals surface area contributed by atoms with E-state index in [0.29, 0.717) is 5.75 Å². The molecule has 0 radical (unpaired) electrons. The minimum Gasteiger partial charge on any atom is -0.507 e. The number of aromatic hydroxyl groups is 1. The zero-order valence-electron chi connectivity index (χ0n) is 9.64. The fourth-order valence-electron chi connectivity index (χ4n) is 1.95. The molecule has 16 heavy (non-hydrogen) atoms. The zero-order chi connectivity index (χ0) is 11.5. The molecule has 0 aliphatic heterocycles. The molecule has 1 N–H and O–H groups in total. The highest BCUT2D eigenvalue weighted by Gasteiger charge is 2.12. The van der Waals surface area contributed by atoms with Gasteiger partial charge in [-0.05, 0) is 18.1 Å². The Labute approximate surface area is 96.4 Å². The summed E-state index contributed by atoms with van der Waals surface area (Å²) in [6, 6.07) is 16.1. The molecule has 0 unspecified atom stereocenters. The summed E-state index contributed by atoms with van der Waals surface area (Å²) in [5.41, 5.74) is 3.15. The van der Waals surface area contributed by atoms with Gasteiger partial charge in [-0.25, -0.2) is 0 Å². The second kappa shape index (κ2) is 4.40. The largest absolute Gasteiger partial charge is 0.507 e. The Morgan fingerprint density at radius 2 is 1.62 bits per heavy atom. The molecule has 2 rings (SSSR count). The van der Waals surface area contributed by atoms with Crippen LogP contribution in [0, 0.1) is 6.92 Å². The van der Waals surface area contributed by atoms with Gasteiger partial charge in [-0.3, -0.25) is 0 Å². The quantitative estimate of drug-likeness (QED) is 0.801. The molecule has 0 saturated carbocycles. The maximum atomic E-state index is 10.0. The van der Waals surface area contributed by atoms with E-state index in [1.807, 2.05) is 43.3 Å². The minimum absolute atomic E-state index is 0.223. The lowest BCUT2D eigenvalue weighted by atomic mass is 9.91. The van der Waals surface area contributed by atoms with Crippen molar-refractivity contribution in [2.24, 2.45) is 0 Å². The van der Waals surface area contributed by atoms with Crippen molar-refractivity contribution in [2.75, 3.05) is 0 Å². The average Bonchev–Trinajstić information content (AvgIpc) is 2.33. The predicted molar refractivity (Wildman–Crippen MR) is 66.8 cm³/mol. The van der Waals surface area contributed by atoms with Crippen LogP contribution in [0.3, 0.4) is 0 Å². The first-order valence-electron chi connectivity index (χ1n) is 5.53. The lowest BCUT2D eigenvalue weighted by Gasteiger charge is -2.15. The summed E-state index contributed by atoms with van der Waals surface area (Å²) >= 11 is 0. The topological polar surface area (TPSA) is 20.2 Å². The predicted octanol–water partition coefficient (Wildman–Crippen LogP) is 3.85. The summed E-state index contributed by atoms with van der Waals surface area (Å²) in [6.45, 7) is 4.04. The molecule has 2 aromatic rings. The number of benzene rings is 2. The Balaban J connectivity index is 2.42. The maximum Gasteiger partial charge on any atom is 0.122 e. The van der Waals surface area contributed by atoms with E-state index in [9.17, 15) is 5.11 Å². The summed E-state index contributed by atoms with van der Waals surface area (Å²) in [6.07, 6.45) is 0. The molecule has 1 nitrogen and oxygen atoms in total. The number of hydrogen-bond acceptors (Lipinski definition) is 1. The Morgan fingerprint density at radius 3 is 2.31 bits per heavy atom. The Kier molecular flexibility index (Phi) is 2.95. The molecule has 0 fully saturated rings. The van der Waals surface area contributed by atoms with Crippen LogP contribution >= 0.6 is 0 Å². The van der Waals surface area contributed by atoms with Crippen LogP contribution < -0.4 is 0 Å². The van der Waals surface area contributed by atoms with E-state index in [1.54, 1.807) is 0 Å². The number of hydrogen-bond donors (Lipinski definition) is 1. The molecule has 2 aromatic carbocycles. The van der Waals surface area contributed by atoms with Gasteiger partial charge in [0.15, 0.2) is 0 Å². The first-order chi connectivity index (χ1) is 7.70. The number of aryl methyl sites for hydroxylation is 1. The molecule has 0 spiro atoms. The van der Waals surface area contributed by atoms with E-state index in [2.05, 4.69) is 19.1 Å². The summed E-state index contributed by atoms with van der Waals surface area (Å²) in [5.74, 6) is 0.639. The Hall–Kier alpha value is -1.76. The van der Waals surface area contributed by atoms with Gasteiger partial charge in [0.25, 0.3) is 0 Å². The van der Waals surface area contributed by atoms with Crippen LogP contribution in [0.2, 0.25) is 0 Å². The fourth-order valence-corrected chi connectivity index (χ4v) is 1.95. The van der Waals surface area contributed by atoms with E-state index >= 15 is 0 Å². The number of para-hydroxylation sites is 1. The molecule has 0 bridgehead atoms. The van der Waals surface area contributed by atoms with E-state index in [-0.39, 0.29) is 5.92 Å². The van der Waals surface area contributed by atoms with Crippen molar-refractivity contribution in [3.63, 3.8) is 0 Å². The first-order valence-corrected chi connectivity index (χ1v) is 5.53. The van der Waals surface area contributed by atoms with Gasteiger partial charge in [0.05, 0.1) is 0 Å². The van der Waals surface area contributed by atoms with Gasteiger partial charge in [-0.15, -0.1) is 0 Å². The molecule has 0 amide bonds. The number of phenols is 1. The number of rotatable bonds is 2. The standard InChI is InChI=1S/C15H16O/c1-11-7-6-10-14(15(11)16)12(2)13-8-4-3-5-9-13/h3-10,12,16H,1-2H3/t12-/m1/s1. The molecule has 1 heteroatoms. The Bertz CT molecular complexity index is 474. The molecular formula is C15H16O. The van der Waals surface area contributed by atoms with Gasteiger partial charge < -0.3 is 5.11 Å². The SMILES string of the molecule is Cc1cccc([C@H](C)c2ccccc2)c1O. The molecule has 0 aliphatic rings. The van der Waals surface area contributed by atoms with Crippen LogP contribution in [-0.2, 0) is 0 Å². The Morgan fingerprint density at radius 1 is 0.938 bits per heavy atom. The van der Waals surface area contributed by atoms with Crippen LogP contribution in [0.4, 0.5) is 0 Å². The second-order valence-electron chi connectivity index (χ2n) is 4.15. The monoisotopic (exact) mass is 212 g/mol. The van der Waals surface area contributed by atoms with Crippen molar-refractivity contribution in [3.8, 4) is 5.75 Å². The first kappa shape index (κ1) is 10.7. The van der Waals surface area contributed by atoms with E-state index in [1.165, 1.54) is 5.56 Å². The molecule has 1 atom stereocenters. The second-order valence-corrected chi connectivity index (χ2v) is 4.15. The van der Waals surface area contributed by atoms with Gasteiger partial charge in [0.1, 0.15) is 5.75 Å². The van der Waals surface area contributed by atoms with Gasteiger partial charge in [0, 0.05) is 11.5 Å². The third kappa shape index (κ3) is 1.94. The normalized spacial score (nSPS) is 12.4. The highest BCUT2D eigenvalue weighted by Crippen LogP contribution is 2.32. The molecule has 0 aromatic heterocycles. The van der Waals surface area contributed by atoms with Crippen molar-refractivity contribution in [1.82, 2.24) is 0 Å². The molecule has 82 valence electrons. The average molecular weight is 212 g/mol. The third-order valence-corrected chi connectivity index (χ3v) is 3.04. The minimum atomic E-state index is 0.223. The van der Waals surface area contributed by atoms with Crippen LogP contribution in [-0.4, -0.2) is 5.11 Å².